The number of aliphatic hydroxyl groups is 1. The first-order valence-electron chi connectivity index (χ1n) is 21.3. The third-order valence-electron chi connectivity index (χ3n) is 8.64. The molecule has 1 unspecified atom stereocenters. The number of hydrogen-bond donors (Lipinski definition) is 1. The van der Waals surface area contributed by atoms with Gasteiger partial charge in [0.15, 0.2) is 6.10 Å². The van der Waals surface area contributed by atoms with Crippen molar-refractivity contribution in [3.63, 3.8) is 0 Å². The van der Waals surface area contributed by atoms with Crippen LogP contribution in [0.4, 0.5) is 0 Å². The molecule has 0 spiro atoms. The van der Waals surface area contributed by atoms with Crippen LogP contribution in [0.1, 0.15) is 174 Å². The van der Waals surface area contributed by atoms with E-state index in [0.29, 0.717) is 12.8 Å². The third kappa shape index (κ3) is 41.4. The van der Waals surface area contributed by atoms with Crippen LogP contribution in [-0.2, 0) is 19.1 Å². The molecule has 0 aliphatic heterocycles. The molecule has 5 heteroatoms. The number of rotatable bonds is 37. The van der Waals surface area contributed by atoms with Crippen molar-refractivity contribution in [1.82, 2.24) is 0 Å². The van der Waals surface area contributed by atoms with Crippen molar-refractivity contribution in [3.05, 3.63) is 97.2 Å². The fourth-order valence-corrected chi connectivity index (χ4v) is 5.45. The maximum atomic E-state index is 12.2. The fraction of sp³-hybridized carbons (Fsp3) is 0.625. The smallest absolute Gasteiger partial charge is 0.306 e. The van der Waals surface area contributed by atoms with Crippen LogP contribution >= 0.6 is 0 Å². The Morgan fingerprint density at radius 1 is 0.453 bits per heavy atom. The van der Waals surface area contributed by atoms with Crippen molar-refractivity contribution in [2.75, 3.05) is 13.2 Å². The van der Waals surface area contributed by atoms with Gasteiger partial charge in [0.2, 0.25) is 0 Å². The molecule has 0 aliphatic carbocycles. The standard InChI is InChI=1S/C48H78O5/c1-3-5-7-9-11-13-14-15-16-17-18-19-20-21-22-23-24-25-26-27-28-29-30-31-32-33-34-35-37-39-41-43-48(51)53-46(44-49)45-52-47(50)42-40-38-36-12-10-8-6-4-2/h5,7,11,13,15-16,18-19,21-22,24-25,27-28,30-31,46,49H,3-4,6,8-10,12,14,17,20,23,26,29,32-45H2,1-2H3/b7-5-,13-11-,16-15-,19-18-,22-21-,25-24-,28-27-,31-30-. The van der Waals surface area contributed by atoms with Gasteiger partial charge in [-0.1, -0.05) is 182 Å². The maximum Gasteiger partial charge on any atom is 0.306 e. The molecule has 0 radical (unpaired) electrons. The van der Waals surface area contributed by atoms with Crippen molar-refractivity contribution >= 4 is 11.9 Å². The van der Waals surface area contributed by atoms with Crippen molar-refractivity contribution in [3.8, 4) is 0 Å². The largest absolute Gasteiger partial charge is 0.462 e. The zero-order chi connectivity index (χ0) is 38.6. The lowest BCUT2D eigenvalue weighted by molar-refractivity contribution is -0.161. The van der Waals surface area contributed by atoms with E-state index < -0.39 is 6.10 Å². The van der Waals surface area contributed by atoms with E-state index in [2.05, 4.69) is 111 Å². The molecule has 0 aromatic rings. The van der Waals surface area contributed by atoms with Crippen LogP contribution in [0.3, 0.4) is 0 Å². The molecule has 0 fully saturated rings. The Labute approximate surface area is 326 Å². The van der Waals surface area contributed by atoms with E-state index in [4.69, 9.17) is 9.47 Å². The monoisotopic (exact) mass is 735 g/mol. The average Bonchev–Trinajstić information content (AvgIpc) is 3.16. The minimum Gasteiger partial charge on any atom is -0.462 e. The normalized spacial score (nSPS) is 13.2. The molecule has 0 saturated heterocycles. The highest BCUT2D eigenvalue weighted by molar-refractivity contribution is 5.70. The topological polar surface area (TPSA) is 72.8 Å². The van der Waals surface area contributed by atoms with E-state index in [1.807, 2.05) is 0 Å². The Hall–Kier alpha value is -3.18. The minimum atomic E-state index is -0.781. The Morgan fingerprint density at radius 3 is 1.23 bits per heavy atom. The Kier molecular flexibility index (Phi) is 40.6. The van der Waals surface area contributed by atoms with E-state index in [0.717, 1.165) is 96.3 Å². The number of allylic oxidation sites excluding steroid dienone is 16. The lowest BCUT2D eigenvalue weighted by atomic mass is 10.1. The second-order valence-corrected chi connectivity index (χ2v) is 13.7. The highest BCUT2D eigenvalue weighted by Crippen LogP contribution is 2.12. The van der Waals surface area contributed by atoms with Gasteiger partial charge in [0.25, 0.3) is 0 Å². The van der Waals surface area contributed by atoms with Crippen LogP contribution in [0.2, 0.25) is 0 Å². The molecule has 0 heterocycles. The van der Waals surface area contributed by atoms with Gasteiger partial charge in [0.1, 0.15) is 6.61 Å². The summed E-state index contributed by atoms with van der Waals surface area (Å²) in [5.74, 6) is -0.620. The summed E-state index contributed by atoms with van der Waals surface area (Å²) in [6, 6.07) is 0. The molecule has 0 amide bonds. The lowest BCUT2D eigenvalue weighted by Crippen LogP contribution is -2.28. The zero-order valence-corrected chi connectivity index (χ0v) is 34.0. The highest BCUT2D eigenvalue weighted by atomic mass is 16.6. The minimum absolute atomic E-state index is 0.0762. The summed E-state index contributed by atoms with van der Waals surface area (Å²) in [6.45, 7) is 3.96. The fourth-order valence-electron chi connectivity index (χ4n) is 5.45. The first kappa shape index (κ1) is 49.8. The van der Waals surface area contributed by atoms with Crippen molar-refractivity contribution in [1.29, 1.82) is 0 Å². The number of unbranched alkanes of at least 4 members (excludes halogenated alkanes) is 13. The van der Waals surface area contributed by atoms with Crippen LogP contribution in [-0.4, -0.2) is 36.4 Å². The number of aliphatic hydroxyl groups excluding tert-OH is 1. The summed E-state index contributed by atoms with van der Waals surface area (Å²) < 4.78 is 10.5. The van der Waals surface area contributed by atoms with Crippen LogP contribution in [0.25, 0.3) is 0 Å². The summed E-state index contributed by atoms with van der Waals surface area (Å²) in [5.41, 5.74) is 0. The number of carbonyl (C=O) groups is 2. The molecular formula is C48H78O5. The van der Waals surface area contributed by atoms with Crippen LogP contribution < -0.4 is 0 Å². The second kappa shape index (κ2) is 43.2. The van der Waals surface area contributed by atoms with Crippen LogP contribution in [0, 0.1) is 0 Å². The van der Waals surface area contributed by atoms with Crippen LogP contribution in [0.15, 0.2) is 97.2 Å². The number of esters is 2. The molecule has 0 aromatic carbocycles. The number of carbonyl (C=O) groups excluding carboxylic acids is 2. The third-order valence-corrected chi connectivity index (χ3v) is 8.64. The van der Waals surface area contributed by atoms with Gasteiger partial charge < -0.3 is 14.6 Å². The molecule has 0 bridgehead atoms. The Morgan fingerprint density at radius 2 is 0.811 bits per heavy atom. The predicted octanol–water partition coefficient (Wildman–Crippen LogP) is 13.7. The first-order valence-corrected chi connectivity index (χ1v) is 21.3. The quantitative estimate of drug-likeness (QED) is 0.0391. The molecular weight excluding hydrogens is 657 g/mol. The molecule has 0 saturated carbocycles. The Bertz CT molecular complexity index is 1060. The molecule has 0 aromatic heterocycles. The molecule has 1 atom stereocenters. The van der Waals surface area contributed by atoms with E-state index in [1.54, 1.807) is 0 Å². The second-order valence-electron chi connectivity index (χ2n) is 13.7. The van der Waals surface area contributed by atoms with Gasteiger partial charge in [0, 0.05) is 12.8 Å². The molecule has 5 nitrogen and oxygen atoms in total. The lowest BCUT2D eigenvalue weighted by Gasteiger charge is -2.15. The van der Waals surface area contributed by atoms with Gasteiger partial charge in [-0.05, 0) is 77.0 Å². The molecule has 0 rings (SSSR count). The van der Waals surface area contributed by atoms with Crippen molar-refractivity contribution < 1.29 is 24.2 Å². The molecule has 300 valence electrons. The maximum absolute atomic E-state index is 12.2. The summed E-state index contributed by atoms with van der Waals surface area (Å²) >= 11 is 0. The van der Waals surface area contributed by atoms with Crippen molar-refractivity contribution in [2.45, 2.75) is 180 Å². The summed E-state index contributed by atoms with van der Waals surface area (Å²) in [7, 11) is 0. The van der Waals surface area contributed by atoms with Gasteiger partial charge in [-0.25, -0.2) is 0 Å². The number of hydrogen-bond acceptors (Lipinski definition) is 5. The summed E-state index contributed by atoms with van der Waals surface area (Å²) in [4.78, 5) is 24.1. The van der Waals surface area contributed by atoms with Gasteiger partial charge in [-0.2, -0.15) is 0 Å². The molecule has 1 N–H and O–H groups in total. The molecule has 0 aliphatic rings. The average molecular weight is 735 g/mol. The van der Waals surface area contributed by atoms with Gasteiger partial charge in [-0.3, -0.25) is 9.59 Å². The van der Waals surface area contributed by atoms with Crippen molar-refractivity contribution in [2.24, 2.45) is 0 Å². The Balaban J connectivity index is 3.63. The zero-order valence-electron chi connectivity index (χ0n) is 34.0. The van der Waals surface area contributed by atoms with E-state index >= 15 is 0 Å². The summed E-state index contributed by atoms with van der Waals surface area (Å²) in [6.07, 6.45) is 60.6. The highest BCUT2D eigenvalue weighted by Gasteiger charge is 2.16. The van der Waals surface area contributed by atoms with E-state index in [9.17, 15) is 14.7 Å². The van der Waals surface area contributed by atoms with E-state index in [-0.39, 0.29) is 25.2 Å². The molecule has 53 heavy (non-hydrogen) atoms. The predicted molar refractivity (Wildman–Crippen MR) is 228 cm³/mol. The van der Waals surface area contributed by atoms with Gasteiger partial charge in [0.05, 0.1) is 6.61 Å². The van der Waals surface area contributed by atoms with Gasteiger partial charge in [-0.15, -0.1) is 0 Å². The first-order chi connectivity index (χ1) is 26.1. The van der Waals surface area contributed by atoms with Crippen LogP contribution in [0.5, 0.6) is 0 Å². The van der Waals surface area contributed by atoms with Gasteiger partial charge >= 0.3 is 11.9 Å². The SMILES string of the molecule is CC/C=C\C/C=C\C/C=C\C/C=C\C/C=C\C/C=C\C/C=C\C/C=C\CCCCCCCCC(=O)OC(CO)COC(=O)CCCCCCCCCC. The van der Waals surface area contributed by atoms with E-state index in [1.165, 1.54) is 51.4 Å². The summed E-state index contributed by atoms with van der Waals surface area (Å²) in [5, 5.41) is 9.53. The number of ether oxygens (including phenoxy) is 2.